The Hall–Kier alpha value is -3.76. The van der Waals surface area contributed by atoms with Gasteiger partial charge in [0.1, 0.15) is 10.8 Å². The van der Waals surface area contributed by atoms with Gasteiger partial charge in [-0.2, -0.15) is 0 Å². The quantitative estimate of drug-likeness (QED) is 0.170. The smallest absolute Gasteiger partial charge is 0.429 e. The molecule has 41 heavy (non-hydrogen) atoms. The summed E-state index contributed by atoms with van der Waals surface area (Å²) >= 11 is 1.53. The molecule has 0 unspecified atom stereocenters. The van der Waals surface area contributed by atoms with Crippen LogP contribution in [0.15, 0.2) is 72.8 Å². The van der Waals surface area contributed by atoms with Gasteiger partial charge in [-0.1, -0.05) is 62.4 Å². The standard InChI is InChI=1S/C29H27F3N4O2S.C2H6/c30-29(31,32)38-23-9-6-19(7-10-23)18-36-14-12-21(13-15-36)28(34)37-26(33)17-27-35-24-11-8-22(16-25(24)39-27)20-4-2-1-3-5-20;1-2/h1-11,16,21,33-34H,12-15,17-18H2;1-2H3. The van der Waals surface area contributed by atoms with Crippen molar-refractivity contribution in [3.8, 4) is 16.9 Å². The maximum Gasteiger partial charge on any atom is 0.573 e. The van der Waals surface area contributed by atoms with Crippen molar-refractivity contribution in [3.05, 3.63) is 83.4 Å². The number of hydrogen-bond donors (Lipinski definition) is 2. The number of hydrogen-bond acceptors (Lipinski definition) is 7. The first-order valence-electron chi connectivity index (χ1n) is 13.6. The van der Waals surface area contributed by atoms with Gasteiger partial charge in [0.15, 0.2) is 11.8 Å². The van der Waals surface area contributed by atoms with Crippen molar-refractivity contribution < 1.29 is 22.6 Å². The Morgan fingerprint density at radius 1 is 0.951 bits per heavy atom. The molecule has 0 saturated carbocycles. The lowest BCUT2D eigenvalue weighted by Gasteiger charge is -2.31. The second kappa shape index (κ2) is 13.7. The van der Waals surface area contributed by atoms with Crippen LogP contribution < -0.4 is 4.74 Å². The molecule has 4 aromatic rings. The van der Waals surface area contributed by atoms with E-state index in [1.807, 2.05) is 44.2 Å². The van der Waals surface area contributed by atoms with Gasteiger partial charge in [-0.15, -0.1) is 24.5 Å². The summed E-state index contributed by atoms with van der Waals surface area (Å²) in [5.41, 5.74) is 4.03. The molecule has 6 nitrogen and oxygen atoms in total. The number of ether oxygens (including phenoxy) is 2. The molecule has 2 heterocycles. The van der Waals surface area contributed by atoms with E-state index in [2.05, 4.69) is 32.8 Å². The van der Waals surface area contributed by atoms with Crippen molar-refractivity contribution in [2.45, 2.75) is 46.0 Å². The third-order valence-corrected chi connectivity index (χ3v) is 7.62. The lowest BCUT2D eigenvalue weighted by Crippen LogP contribution is -2.36. The van der Waals surface area contributed by atoms with E-state index in [0.717, 1.165) is 45.0 Å². The van der Waals surface area contributed by atoms with Crippen LogP contribution >= 0.6 is 11.3 Å². The Labute approximate surface area is 241 Å². The van der Waals surface area contributed by atoms with Gasteiger partial charge in [0.05, 0.1) is 16.6 Å². The van der Waals surface area contributed by atoms with Crippen LogP contribution in [-0.2, 0) is 17.7 Å². The summed E-state index contributed by atoms with van der Waals surface area (Å²) in [5, 5.41) is 17.5. The highest BCUT2D eigenvalue weighted by Gasteiger charge is 2.31. The molecule has 10 heteroatoms. The van der Waals surface area contributed by atoms with Gasteiger partial charge in [-0.25, -0.2) is 4.98 Å². The fraction of sp³-hybridized carbons (Fsp3) is 0.323. The van der Waals surface area contributed by atoms with Crippen LogP contribution in [0.5, 0.6) is 5.75 Å². The predicted molar refractivity (Wildman–Crippen MR) is 158 cm³/mol. The maximum absolute atomic E-state index is 12.3. The highest BCUT2D eigenvalue weighted by molar-refractivity contribution is 7.18. The molecule has 2 N–H and O–H groups in total. The number of nitrogens with one attached hydrogen (secondary N) is 2. The molecule has 0 spiro atoms. The Morgan fingerprint density at radius 3 is 2.29 bits per heavy atom. The molecular weight excluding hydrogens is 549 g/mol. The zero-order valence-electron chi connectivity index (χ0n) is 23.0. The van der Waals surface area contributed by atoms with Gasteiger partial charge in [0.25, 0.3) is 0 Å². The lowest BCUT2D eigenvalue weighted by molar-refractivity contribution is -0.274. The largest absolute Gasteiger partial charge is 0.573 e. The van der Waals surface area contributed by atoms with Crippen molar-refractivity contribution >= 4 is 33.3 Å². The molecule has 1 aliphatic rings. The summed E-state index contributed by atoms with van der Waals surface area (Å²) < 4.78 is 47.6. The van der Waals surface area contributed by atoms with Crippen LogP contribution in [0, 0.1) is 16.7 Å². The van der Waals surface area contributed by atoms with Crippen LogP contribution in [0.2, 0.25) is 0 Å². The molecule has 1 saturated heterocycles. The second-order valence-electron chi connectivity index (χ2n) is 9.46. The minimum absolute atomic E-state index is 0.00549. The number of thiazole rings is 1. The SMILES string of the molecule is CC.N=C(Cc1nc2ccc(-c3ccccc3)cc2s1)OC(=N)C1CCN(Cc2ccc(OC(F)(F)F)cc2)CC1. The number of nitrogens with zero attached hydrogens (tertiary/aromatic N) is 2. The van der Waals surface area contributed by atoms with Gasteiger partial charge in [-0.3, -0.25) is 15.7 Å². The number of likely N-dealkylation sites (tertiary alicyclic amines) is 1. The summed E-state index contributed by atoms with van der Waals surface area (Å²) in [5.74, 6) is -0.208. The molecule has 0 atom stereocenters. The number of halogens is 3. The highest BCUT2D eigenvalue weighted by atomic mass is 32.1. The van der Waals surface area contributed by atoms with Crippen molar-refractivity contribution in [2.24, 2.45) is 5.92 Å². The third-order valence-electron chi connectivity index (χ3n) is 6.61. The monoisotopic (exact) mass is 582 g/mol. The van der Waals surface area contributed by atoms with E-state index in [4.69, 9.17) is 15.6 Å². The fourth-order valence-electron chi connectivity index (χ4n) is 4.66. The average molecular weight is 583 g/mol. The number of piperidine rings is 1. The van der Waals surface area contributed by atoms with Crippen LogP contribution in [0.25, 0.3) is 21.3 Å². The molecule has 1 fully saturated rings. The van der Waals surface area contributed by atoms with Crippen molar-refractivity contribution in [2.75, 3.05) is 13.1 Å². The van der Waals surface area contributed by atoms with E-state index in [0.29, 0.717) is 19.4 Å². The first kappa shape index (κ1) is 30.2. The van der Waals surface area contributed by atoms with E-state index in [-0.39, 0.29) is 29.9 Å². The molecular formula is C31H33F3N4O2S. The minimum atomic E-state index is -4.70. The normalized spacial score (nSPS) is 14.3. The maximum atomic E-state index is 12.3. The van der Waals surface area contributed by atoms with Crippen molar-refractivity contribution in [3.63, 3.8) is 0 Å². The van der Waals surface area contributed by atoms with Gasteiger partial charge >= 0.3 is 6.36 Å². The van der Waals surface area contributed by atoms with E-state index in [1.54, 1.807) is 12.1 Å². The molecule has 0 aliphatic carbocycles. The van der Waals surface area contributed by atoms with Crippen LogP contribution in [0.3, 0.4) is 0 Å². The second-order valence-corrected chi connectivity index (χ2v) is 10.6. The molecule has 0 radical (unpaired) electrons. The van der Waals surface area contributed by atoms with Crippen LogP contribution in [0.1, 0.15) is 37.3 Å². The van der Waals surface area contributed by atoms with E-state index in [1.165, 1.54) is 23.5 Å². The Morgan fingerprint density at radius 2 is 1.63 bits per heavy atom. The van der Waals surface area contributed by atoms with E-state index >= 15 is 0 Å². The molecule has 0 amide bonds. The summed E-state index contributed by atoms with van der Waals surface area (Å²) in [6.07, 6.45) is -3.04. The number of benzene rings is 3. The number of rotatable bonds is 7. The number of aromatic nitrogens is 1. The topological polar surface area (TPSA) is 82.3 Å². The molecule has 1 aromatic heterocycles. The minimum Gasteiger partial charge on any atom is -0.429 e. The van der Waals surface area contributed by atoms with E-state index < -0.39 is 6.36 Å². The summed E-state index contributed by atoms with van der Waals surface area (Å²) in [6.45, 7) is 6.06. The highest BCUT2D eigenvalue weighted by Crippen LogP contribution is 2.29. The first-order chi connectivity index (χ1) is 19.7. The average Bonchev–Trinajstić information content (AvgIpc) is 3.36. The van der Waals surface area contributed by atoms with Crippen molar-refractivity contribution in [1.29, 1.82) is 10.8 Å². The molecule has 5 rings (SSSR count). The first-order valence-corrected chi connectivity index (χ1v) is 14.4. The zero-order valence-corrected chi connectivity index (χ0v) is 23.8. The molecule has 0 bridgehead atoms. The number of fused-ring (bicyclic) bond motifs is 1. The lowest BCUT2D eigenvalue weighted by atomic mass is 9.96. The Bertz CT molecular complexity index is 1450. The Balaban J connectivity index is 0.00000189. The molecule has 3 aromatic carbocycles. The van der Waals surface area contributed by atoms with Crippen molar-refractivity contribution in [1.82, 2.24) is 9.88 Å². The summed E-state index contributed by atoms with van der Waals surface area (Å²) in [7, 11) is 0. The van der Waals surface area contributed by atoms with Gasteiger partial charge in [0.2, 0.25) is 0 Å². The Kier molecular flexibility index (Phi) is 10.1. The fourth-order valence-corrected chi connectivity index (χ4v) is 5.66. The predicted octanol–water partition coefficient (Wildman–Crippen LogP) is 8.31. The van der Waals surface area contributed by atoms with Gasteiger partial charge < -0.3 is 9.47 Å². The van der Waals surface area contributed by atoms with Crippen LogP contribution in [-0.4, -0.2) is 41.1 Å². The van der Waals surface area contributed by atoms with E-state index in [9.17, 15) is 13.2 Å². The van der Waals surface area contributed by atoms with Crippen LogP contribution in [0.4, 0.5) is 13.2 Å². The summed E-state index contributed by atoms with van der Waals surface area (Å²) in [6, 6.07) is 22.2. The van der Waals surface area contributed by atoms with Gasteiger partial charge in [0, 0.05) is 12.5 Å². The van der Waals surface area contributed by atoms with Gasteiger partial charge in [-0.05, 0) is 66.9 Å². The molecule has 1 aliphatic heterocycles. The number of alkyl halides is 3. The zero-order chi connectivity index (χ0) is 29.4. The third kappa shape index (κ3) is 8.61. The summed E-state index contributed by atoms with van der Waals surface area (Å²) in [4.78, 5) is 6.83. The molecule has 216 valence electrons.